The van der Waals surface area contributed by atoms with Crippen LogP contribution < -0.4 is 0 Å². The molecule has 2 nitrogen and oxygen atoms in total. The van der Waals surface area contributed by atoms with Crippen molar-refractivity contribution in [2.75, 3.05) is 5.75 Å². The molecule has 38 heavy (non-hydrogen) atoms. The number of phenolic OH excluding ortho intramolecular Hbond substituents is 2. The Morgan fingerprint density at radius 2 is 1.08 bits per heavy atom. The van der Waals surface area contributed by atoms with Crippen LogP contribution in [0.1, 0.15) is 168 Å². The van der Waals surface area contributed by atoms with Gasteiger partial charge in [-0.2, -0.15) is 0 Å². The van der Waals surface area contributed by atoms with E-state index >= 15 is 0 Å². The van der Waals surface area contributed by atoms with Gasteiger partial charge in [0.05, 0.1) is 4.75 Å². The zero-order valence-electron chi connectivity index (χ0n) is 24.3. The summed E-state index contributed by atoms with van der Waals surface area (Å²) in [5.41, 5.74) is 7.41. The lowest BCUT2D eigenvalue weighted by Gasteiger charge is -2.40. The smallest absolute Gasteiger partial charge is 0.122 e. The molecule has 3 fully saturated rings. The highest BCUT2D eigenvalue weighted by Gasteiger charge is 2.40. The lowest BCUT2D eigenvalue weighted by molar-refractivity contribution is 0.408. The zero-order valence-corrected chi connectivity index (χ0v) is 25.1. The van der Waals surface area contributed by atoms with Crippen LogP contribution in [-0.4, -0.2) is 16.0 Å². The molecule has 1 heterocycles. The maximum absolute atomic E-state index is 11.5. The lowest BCUT2D eigenvalue weighted by Crippen LogP contribution is -2.29. The first-order valence-electron chi connectivity index (χ1n) is 15.7. The summed E-state index contributed by atoms with van der Waals surface area (Å²) in [6.07, 6.45) is 16.1. The van der Waals surface area contributed by atoms with Crippen molar-refractivity contribution in [3.8, 4) is 11.5 Å². The quantitative estimate of drug-likeness (QED) is 0.387. The molecule has 0 amide bonds. The summed E-state index contributed by atoms with van der Waals surface area (Å²) in [6.45, 7) is 8.90. The first kappa shape index (κ1) is 27.9. The lowest BCUT2D eigenvalue weighted by atomic mass is 9.75. The molecule has 3 aliphatic rings. The number of phenols is 2. The second-order valence-corrected chi connectivity index (χ2v) is 14.5. The second-order valence-electron chi connectivity index (χ2n) is 13.1. The van der Waals surface area contributed by atoms with Crippen LogP contribution in [0.5, 0.6) is 11.5 Å². The van der Waals surface area contributed by atoms with Crippen LogP contribution in [0.25, 0.3) is 0 Å². The monoisotopic (exact) mass is 534 g/mol. The summed E-state index contributed by atoms with van der Waals surface area (Å²) < 4.78 is -0.125. The van der Waals surface area contributed by atoms with Gasteiger partial charge in [-0.15, -0.1) is 11.8 Å². The van der Waals surface area contributed by atoms with Crippen LogP contribution in [0.2, 0.25) is 0 Å². The van der Waals surface area contributed by atoms with Crippen LogP contribution in [-0.2, 0) is 4.75 Å². The van der Waals surface area contributed by atoms with Crippen molar-refractivity contribution in [3.05, 3.63) is 57.6 Å². The molecule has 2 aromatic carbocycles. The van der Waals surface area contributed by atoms with Crippen molar-refractivity contribution < 1.29 is 10.2 Å². The van der Waals surface area contributed by atoms with Gasteiger partial charge in [0, 0.05) is 0 Å². The van der Waals surface area contributed by atoms with Gasteiger partial charge in [-0.25, -0.2) is 0 Å². The van der Waals surface area contributed by atoms with Gasteiger partial charge in [-0.3, -0.25) is 0 Å². The molecule has 0 unspecified atom stereocenters. The maximum atomic E-state index is 11.5. The summed E-state index contributed by atoms with van der Waals surface area (Å²) in [5.74, 6) is 3.78. The fourth-order valence-electron chi connectivity index (χ4n) is 7.57. The molecule has 2 aliphatic carbocycles. The van der Waals surface area contributed by atoms with Gasteiger partial charge in [0.25, 0.3) is 0 Å². The fourth-order valence-corrected chi connectivity index (χ4v) is 9.13. The first-order chi connectivity index (χ1) is 18.3. The van der Waals surface area contributed by atoms with Crippen LogP contribution in [0.4, 0.5) is 0 Å². The Morgan fingerprint density at radius 3 is 1.45 bits per heavy atom. The molecule has 0 atom stereocenters. The van der Waals surface area contributed by atoms with E-state index in [1.165, 1.54) is 99.3 Å². The minimum absolute atomic E-state index is 0.125. The Bertz CT molecular complexity index is 1020. The van der Waals surface area contributed by atoms with E-state index in [1.807, 2.05) is 0 Å². The van der Waals surface area contributed by atoms with Gasteiger partial charge in [0.2, 0.25) is 0 Å². The Balaban J connectivity index is 1.71. The van der Waals surface area contributed by atoms with Gasteiger partial charge >= 0.3 is 0 Å². The highest BCUT2D eigenvalue weighted by Crippen LogP contribution is 2.55. The molecule has 2 aromatic rings. The molecular weight excluding hydrogens is 484 g/mol. The minimum atomic E-state index is -0.125. The van der Waals surface area contributed by atoms with Crippen LogP contribution >= 0.6 is 11.8 Å². The van der Waals surface area contributed by atoms with Crippen molar-refractivity contribution in [2.24, 2.45) is 0 Å². The summed E-state index contributed by atoms with van der Waals surface area (Å²) in [6, 6.07) is 9.54. The van der Waals surface area contributed by atoms with Crippen molar-refractivity contribution in [3.63, 3.8) is 0 Å². The summed E-state index contributed by atoms with van der Waals surface area (Å²) in [7, 11) is 0. The van der Waals surface area contributed by atoms with E-state index in [9.17, 15) is 10.2 Å². The Hall–Kier alpha value is -1.61. The van der Waals surface area contributed by atoms with E-state index in [0.717, 1.165) is 23.3 Å². The third-order valence-corrected chi connectivity index (χ3v) is 11.5. The molecule has 5 rings (SSSR count). The number of benzene rings is 2. The van der Waals surface area contributed by atoms with Gasteiger partial charge in [-0.1, -0.05) is 96.9 Å². The van der Waals surface area contributed by atoms with Crippen molar-refractivity contribution in [2.45, 2.75) is 140 Å². The van der Waals surface area contributed by atoms with Gasteiger partial charge < -0.3 is 10.2 Å². The fraction of sp³-hybridized carbons (Fsp3) is 0.657. The number of thioether (sulfide) groups is 1. The Morgan fingerprint density at radius 1 is 0.632 bits per heavy atom. The highest BCUT2D eigenvalue weighted by molar-refractivity contribution is 8.00. The highest BCUT2D eigenvalue weighted by atomic mass is 32.2. The summed E-state index contributed by atoms with van der Waals surface area (Å²) in [4.78, 5) is 0. The molecule has 2 N–H and O–H groups in total. The SMILES string of the molecule is CC(C)c1cc(C2(c3cc(C(C)C)c(O)c(C4CCCCC4)c3)CCCCS2)cc(C2CCCCC2)c1O. The van der Waals surface area contributed by atoms with Crippen LogP contribution in [0, 0.1) is 0 Å². The largest absolute Gasteiger partial charge is 0.507 e. The number of aromatic hydroxyl groups is 2. The van der Waals surface area contributed by atoms with Gasteiger partial charge in [0.1, 0.15) is 11.5 Å². The molecule has 3 heteroatoms. The molecule has 0 spiro atoms. The van der Waals surface area contributed by atoms with E-state index < -0.39 is 0 Å². The van der Waals surface area contributed by atoms with Gasteiger partial charge in [-0.05, 0) is 101 Å². The molecule has 1 saturated heterocycles. The molecular formula is C35H50O2S. The zero-order chi connectivity index (χ0) is 26.9. The van der Waals surface area contributed by atoms with Crippen molar-refractivity contribution in [1.29, 1.82) is 0 Å². The molecule has 0 aromatic heterocycles. The van der Waals surface area contributed by atoms with Gasteiger partial charge in [0.15, 0.2) is 0 Å². The molecule has 208 valence electrons. The van der Waals surface area contributed by atoms with E-state index in [4.69, 9.17) is 0 Å². The van der Waals surface area contributed by atoms with Crippen molar-refractivity contribution in [1.82, 2.24) is 0 Å². The standard InChI is InChI=1S/C35H50O2S/c1-23(2)29-19-27(21-31(33(29)36)25-13-7-5-8-14-25)35(17-11-12-18-38-35)28-20-30(24(3)4)34(37)32(22-28)26-15-9-6-10-16-26/h19-26,36-37H,5-18H2,1-4H3. The third kappa shape index (κ3) is 5.38. The molecule has 0 bridgehead atoms. The predicted molar refractivity (Wildman–Crippen MR) is 163 cm³/mol. The third-order valence-electron chi connectivity index (χ3n) is 9.88. The van der Waals surface area contributed by atoms with Crippen molar-refractivity contribution >= 4 is 11.8 Å². The Labute approximate surface area is 236 Å². The van der Waals surface area contributed by atoms with E-state index in [0.29, 0.717) is 23.3 Å². The Kier molecular flexibility index (Phi) is 8.72. The first-order valence-corrected chi connectivity index (χ1v) is 16.7. The normalized spacial score (nSPS) is 21.3. The number of rotatable bonds is 6. The average molecular weight is 535 g/mol. The van der Waals surface area contributed by atoms with Crippen LogP contribution in [0.3, 0.4) is 0 Å². The number of hydrogen-bond donors (Lipinski definition) is 2. The molecule has 0 radical (unpaired) electrons. The van der Waals surface area contributed by atoms with E-state index in [-0.39, 0.29) is 16.6 Å². The summed E-state index contributed by atoms with van der Waals surface area (Å²) >= 11 is 2.12. The average Bonchev–Trinajstić information content (AvgIpc) is 2.94. The minimum Gasteiger partial charge on any atom is -0.507 e. The number of hydrogen-bond acceptors (Lipinski definition) is 3. The molecule has 1 aliphatic heterocycles. The van der Waals surface area contributed by atoms with E-state index in [1.54, 1.807) is 0 Å². The predicted octanol–water partition coefficient (Wildman–Crippen LogP) is 10.6. The second kappa shape index (κ2) is 11.9. The topological polar surface area (TPSA) is 40.5 Å². The maximum Gasteiger partial charge on any atom is 0.122 e. The summed E-state index contributed by atoms with van der Waals surface area (Å²) in [5, 5.41) is 23.0. The molecule has 2 saturated carbocycles. The van der Waals surface area contributed by atoms with E-state index in [2.05, 4.69) is 63.7 Å². The van der Waals surface area contributed by atoms with Crippen LogP contribution in [0.15, 0.2) is 24.3 Å².